The van der Waals surface area contributed by atoms with E-state index in [0.717, 1.165) is 50.5 Å². The van der Waals surface area contributed by atoms with Crippen molar-refractivity contribution in [1.82, 2.24) is 0 Å². The molecule has 0 spiro atoms. The summed E-state index contributed by atoms with van der Waals surface area (Å²) in [6.07, 6.45) is 44.5. The summed E-state index contributed by atoms with van der Waals surface area (Å²) in [7, 11) is 2.38. The molecule has 0 bridgehead atoms. The lowest BCUT2D eigenvalue weighted by atomic mass is 10.1. The number of unbranched alkanes of at least 4 members (excludes halogenated alkanes) is 22. The van der Waals surface area contributed by atoms with Crippen molar-refractivity contribution >= 4 is 0 Å². The van der Waals surface area contributed by atoms with E-state index in [1.807, 2.05) is 0 Å². The molecular weight excluding hydrogens is 599 g/mol. The third-order valence-corrected chi connectivity index (χ3v) is 10.1. The number of hydrogen-bond donors (Lipinski definition) is 0. The fraction of sp³-hybridized carbons (Fsp3) is 0.783. The van der Waals surface area contributed by atoms with E-state index >= 15 is 0 Å². The largest absolute Gasteiger partial charge is 0.376 e. The fourth-order valence-corrected chi connectivity index (χ4v) is 6.62. The molecule has 0 fully saturated rings. The molecule has 0 saturated carbocycles. The number of allylic oxidation sites excluding steroid dienone is 4. The molecule has 0 aliphatic rings. The highest BCUT2D eigenvalue weighted by molar-refractivity contribution is 5.13. The van der Waals surface area contributed by atoms with Crippen LogP contribution in [0, 0.1) is 0 Å². The smallest absolute Gasteiger partial charge is 0.104 e. The van der Waals surface area contributed by atoms with Crippen LogP contribution in [0.2, 0.25) is 0 Å². The van der Waals surface area contributed by atoms with Gasteiger partial charge in [-0.1, -0.05) is 171 Å². The number of likely N-dealkylation sites (N-methyl/N-ethyl adjacent to an activating group) is 1. The maximum absolute atomic E-state index is 6.15. The molecule has 0 saturated heterocycles. The Labute approximate surface area is 307 Å². The van der Waals surface area contributed by atoms with Gasteiger partial charge in [0.2, 0.25) is 0 Å². The van der Waals surface area contributed by atoms with Crippen molar-refractivity contribution < 1.29 is 14.0 Å². The van der Waals surface area contributed by atoms with E-state index in [-0.39, 0.29) is 0 Å². The average Bonchev–Trinajstić information content (AvgIpc) is 3.11. The third kappa shape index (κ3) is 32.2. The van der Waals surface area contributed by atoms with Gasteiger partial charge >= 0.3 is 0 Å². The molecule has 1 aromatic carbocycles. The van der Waals surface area contributed by atoms with E-state index in [0.29, 0.717) is 0 Å². The van der Waals surface area contributed by atoms with Gasteiger partial charge in [-0.3, -0.25) is 0 Å². The maximum Gasteiger partial charge on any atom is 0.104 e. The van der Waals surface area contributed by atoms with Crippen LogP contribution in [0.25, 0.3) is 0 Å². The summed E-state index contributed by atoms with van der Waals surface area (Å²) in [6.45, 7) is 11.2. The molecule has 1 rings (SSSR count). The maximum atomic E-state index is 6.15. The number of benzene rings is 1. The van der Waals surface area contributed by atoms with Crippen molar-refractivity contribution in [3.63, 3.8) is 0 Å². The van der Waals surface area contributed by atoms with Crippen LogP contribution in [0.3, 0.4) is 0 Å². The van der Waals surface area contributed by atoms with Crippen molar-refractivity contribution in [2.45, 2.75) is 187 Å². The lowest BCUT2D eigenvalue weighted by Crippen LogP contribution is -2.47. The Hall–Kier alpha value is -1.42. The summed E-state index contributed by atoms with van der Waals surface area (Å²) in [5, 5.41) is 0. The van der Waals surface area contributed by atoms with Crippen LogP contribution in [-0.2, 0) is 16.0 Å². The minimum atomic E-state index is 0.834. The summed E-state index contributed by atoms with van der Waals surface area (Å²) in [6, 6.07) is 10.9. The van der Waals surface area contributed by atoms with Crippen molar-refractivity contribution in [1.29, 1.82) is 0 Å². The molecule has 0 atom stereocenters. The second-order valence-corrected chi connectivity index (χ2v) is 15.1. The highest BCUT2D eigenvalue weighted by Crippen LogP contribution is 2.14. The predicted octanol–water partition coefficient (Wildman–Crippen LogP) is 14.0. The molecule has 0 N–H and O–H groups in total. The van der Waals surface area contributed by atoms with Gasteiger partial charge in [0.25, 0.3) is 0 Å². The molecule has 49 heavy (non-hydrogen) atoms. The van der Waals surface area contributed by atoms with Gasteiger partial charge in [-0.25, -0.2) is 0 Å². The zero-order valence-corrected chi connectivity index (χ0v) is 33.3. The first-order chi connectivity index (χ1) is 24.2. The molecule has 0 amide bonds. The molecule has 0 unspecified atom stereocenters. The monoisotopic (exact) mass is 683 g/mol. The lowest BCUT2D eigenvalue weighted by Gasteiger charge is -2.34. The van der Waals surface area contributed by atoms with Crippen molar-refractivity contribution in [3.05, 3.63) is 60.2 Å². The number of rotatable bonds is 38. The van der Waals surface area contributed by atoms with Crippen LogP contribution in [0.4, 0.5) is 0 Å². The standard InChI is InChI=1S/C46H84NO2/c1-4-6-8-10-12-14-16-18-20-22-24-26-28-30-35-41-48-43-39-47(3,45-46-37-33-32-34-38-46)40-44-49-42-36-31-29-27-25-23-21-19-17-15-13-11-9-7-5-2/h18-21,32-34,37-38H,4-17,22-31,35-36,39-45H2,1-3H3/q+1. The molecule has 0 aliphatic heterocycles. The normalized spacial score (nSPS) is 13.2. The highest BCUT2D eigenvalue weighted by atomic mass is 16.5. The molecular formula is C46H84NO2+. The van der Waals surface area contributed by atoms with Gasteiger partial charge in [-0.2, -0.15) is 0 Å². The first kappa shape index (κ1) is 45.6. The van der Waals surface area contributed by atoms with Gasteiger partial charge in [0.15, 0.2) is 0 Å². The SMILES string of the molecule is CCCCCCCCC=CCCCCCCCOCC[N+](C)(CCOCCCCCCCC=CCCCCCCCC)Cc1ccccc1. The second kappa shape index (κ2) is 36.4. The number of ether oxygens (including phenoxy) is 2. The minimum Gasteiger partial charge on any atom is -0.376 e. The van der Waals surface area contributed by atoms with Crippen LogP contribution < -0.4 is 0 Å². The summed E-state index contributed by atoms with van der Waals surface area (Å²) in [5.41, 5.74) is 1.40. The van der Waals surface area contributed by atoms with Gasteiger partial charge in [0.1, 0.15) is 19.6 Å². The summed E-state index contributed by atoms with van der Waals surface area (Å²) in [4.78, 5) is 0. The zero-order valence-electron chi connectivity index (χ0n) is 33.3. The van der Waals surface area contributed by atoms with E-state index in [1.165, 1.54) is 173 Å². The summed E-state index contributed by atoms with van der Waals surface area (Å²) < 4.78 is 13.3. The second-order valence-electron chi connectivity index (χ2n) is 15.1. The summed E-state index contributed by atoms with van der Waals surface area (Å²) >= 11 is 0. The van der Waals surface area contributed by atoms with Crippen LogP contribution in [0.5, 0.6) is 0 Å². The molecule has 0 heterocycles. The Bertz CT molecular complexity index is 789. The van der Waals surface area contributed by atoms with E-state index in [9.17, 15) is 0 Å². The van der Waals surface area contributed by atoms with Crippen LogP contribution in [0.15, 0.2) is 54.6 Å². The molecule has 3 heteroatoms. The molecule has 3 nitrogen and oxygen atoms in total. The van der Waals surface area contributed by atoms with Gasteiger partial charge in [0.05, 0.1) is 20.3 Å². The van der Waals surface area contributed by atoms with E-state index in [1.54, 1.807) is 0 Å². The first-order valence-electron chi connectivity index (χ1n) is 21.5. The first-order valence-corrected chi connectivity index (χ1v) is 21.5. The Balaban J connectivity index is 2.06. The van der Waals surface area contributed by atoms with Crippen molar-refractivity contribution in [3.8, 4) is 0 Å². The van der Waals surface area contributed by atoms with Gasteiger partial charge in [0, 0.05) is 18.8 Å². The highest BCUT2D eigenvalue weighted by Gasteiger charge is 2.22. The Morgan fingerprint density at radius 3 is 1.16 bits per heavy atom. The molecule has 1 aromatic rings. The predicted molar refractivity (Wildman–Crippen MR) is 217 cm³/mol. The van der Waals surface area contributed by atoms with E-state index < -0.39 is 0 Å². The van der Waals surface area contributed by atoms with Crippen molar-refractivity contribution in [2.75, 3.05) is 46.6 Å². The van der Waals surface area contributed by atoms with Gasteiger partial charge in [-0.15, -0.1) is 0 Å². The van der Waals surface area contributed by atoms with Crippen LogP contribution >= 0.6 is 0 Å². The minimum absolute atomic E-state index is 0.834. The number of hydrogen-bond acceptors (Lipinski definition) is 2. The van der Waals surface area contributed by atoms with Gasteiger partial charge in [-0.05, 0) is 64.2 Å². The quantitative estimate of drug-likeness (QED) is 0.0393. The Morgan fingerprint density at radius 1 is 0.429 bits per heavy atom. The summed E-state index contributed by atoms with van der Waals surface area (Å²) in [5.74, 6) is 0. The molecule has 0 radical (unpaired) electrons. The number of quaternary nitrogens is 1. The lowest BCUT2D eigenvalue weighted by molar-refractivity contribution is -0.923. The Kier molecular flexibility index (Phi) is 33.9. The zero-order chi connectivity index (χ0) is 35.2. The molecule has 0 aliphatic carbocycles. The third-order valence-electron chi connectivity index (χ3n) is 10.1. The van der Waals surface area contributed by atoms with Crippen molar-refractivity contribution in [2.24, 2.45) is 0 Å². The fourth-order valence-electron chi connectivity index (χ4n) is 6.62. The molecule has 284 valence electrons. The van der Waals surface area contributed by atoms with Gasteiger partial charge < -0.3 is 14.0 Å². The van der Waals surface area contributed by atoms with Crippen LogP contribution in [0.1, 0.15) is 186 Å². The van der Waals surface area contributed by atoms with E-state index in [4.69, 9.17) is 9.47 Å². The number of nitrogens with zero attached hydrogens (tertiary/aromatic N) is 1. The van der Waals surface area contributed by atoms with Crippen LogP contribution in [-0.4, -0.2) is 51.0 Å². The topological polar surface area (TPSA) is 18.5 Å². The Morgan fingerprint density at radius 2 is 0.776 bits per heavy atom. The molecule has 0 aromatic heterocycles. The average molecular weight is 683 g/mol. The van der Waals surface area contributed by atoms with E-state index in [2.05, 4.69) is 75.5 Å².